The summed E-state index contributed by atoms with van der Waals surface area (Å²) in [7, 11) is 0. The minimum absolute atomic E-state index is 0.0204. The summed E-state index contributed by atoms with van der Waals surface area (Å²) in [5.41, 5.74) is 0.877. The quantitative estimate of drug-likeness (QED) is 0.805. The Morgan fingerprint density at radius 3 is 2.63 bits per heavy atom. The van der Waals surface area contributed by atoms with Crippen molar-refractivity contribution in [1.82, 2.24) is 20.5 Å². The van der Waals surface area contributed by atoms with Crippen LogP contribution in [0.1, 0.15) is 40.0 Å². The van der Waals surface area contributed by atoms with Crippen molar-refractivity contribution in [2.45, 2.75) is 51.6 Å². The van der Waals surface area contributed by atoms with Crippen LogP contribution in [0.2, 0.25) is 0 Å². The number of rotatable bonds is 7. The van der Waals surface area contributed by atoms with Crippen LogP contribution in [-0.2, 0) is 4.79 Å². The van der Waals surface area contributed by atoms with Crippen molar-refractivity contribution < 1.29 is 14.2 Å². The second kappa shape index (κ2) is 8.52. The van der Waals surface area contributed by atoms with Crippen LogP contribution in [0.25, 0.3) is 11.3 Å². The van der Waals surface area contributed by atoms with Gasteiger partial charge in [-0.25, -0.2) is 4.63 Å². The zero-order valence-electron chi connectivity index (χ0n) is 16.3. The number of piperidine rings is 1. The molecule has 1 amide bonds. The lowest BCUT2D eigenvalue weighted by Crippen LogP contribution is -2.55. The molecule has 2 aromatic rings. The zero-order chi connectivity index (χ0) is 19.3. The third kappa shape index (κ3) is 5.07. The molecule has 3 rings (SSSR count). The minimum Gasteiger partial charge on any atom is -0.471 e. The van der Waals surface area contributed by atoms with E-state index in [0.717, 1.165) is 31.5 Å². The summed E-state index contributed by atoms with van der Waals surface area (Å²) in [6.07, 6.45) is 3.57. The van der Waals surface area contributed by atoms with Crippen molar-refractivity contribution in [3.63, 3.8) is 0 Å². The molecule has 1 atom stereocenters. The number of ether oxygens (including phenoxy) is 1. The second-order valence-corrected chi connectivity index (χ2v) is 7.72. The Bertz CT molecular complexity index is 739. The van der Waals surface area contributed by atoms with Crippen molar-refractivity contribution in [3.8, 4) is 17.1 Å². The fourth-order valence-corrected chi connectivity index (χ4v) is 3.24. The highest BCUT2D eigenvalue weighted by Gasteiger charge is 2.29. The van der Waals surface area contributed by atoms with Gasteiger partial charge in [0.1, 0.15) is 6.61 Å². The van der Waals surface area contributed by atoms with Crippen molar-refractivity contribution in [2.75, 3.05) is 19.7 Å². The number of benzene rings is 1. The maximum atomic E-state index is 12.7. The van der Waals surface area contributed by atoms with E-state index in [0.29, 0.717) is 11.6 Å². The molecule has 0 spiro atoms. The summed E-state index contributed by atoms with van der Waals surface area (Å²) in [5.74, 6) is 0.347. The van der Waals surface area contributed by atoms with Crippen LogP contribution in [0.5, 0.6) is 5.88 Å². The highest BCUT2D eigenvalue weighted by molar-refractivity contribution is 5.82. The van der Waals surface area contributed by atoms with Gasteiger partial charge >= 0.3 is 0 Å². The molecule has 1 unspecified atom stereocenters. The first-order valence-corrected chi connectivity index (χ1v) is 9.53. The molecular formula is C20H28N4O3. The molecule has 1 fully saturated rings. The van der Waals surface area contributed by atoms with Crippen LogP contribution < -0.4 is 10.1 Å². The number of carbonyl (C=O) groups is 1. The number of nitrogens with zero attached hydrogens (tertiary/aromatic N) is 3. The molecule has 0 aliphatic carbocycles. The third-order valence-corrected chi connectivity index (χ3v) is 4.85. The first-order valence-electron chi connectivity index (χ1n) is 9.53. The largest absolute Gasteiger partial charge is 0.471 e. The van der Waals surface area contributed by atoms with E-state index in [1.807, 2.05) is 51.1 Å². The maximum absolute atomic E-state index is 12.7. The first-order chi connectivity index (χ1) is 13.0. The average Bonchev–Trinajstić information content (AvgIpc) is 3.15. The van der Waals surface area contributed by atoms with Crippen LogP contribution in [-0.4, -0.2) is 52.4 Å². The van der Waals surface area contributed by atoms with Gasteiger partial charge in [-0.1, -0.05) is 36.8 Å². The summed E-state index contributed by atoms with van der Waals surface area (Å²) in [6, 6.07) is 9.46. The van der Waals surface area contributed by atoms with E-state index >= 15 is 0 Å². The van der Waals surface area contributed by atoms with Gasteiger partial charge in [0.2, 0.25) is 5.91 Å². The van der Waals surface area contributed by atoms with Gasteiger partial charge in [-0.15, -0.1) is 0 Å². The molecule has 1 aromatic carbocycles. The molecule has 2 heterocycles. The standard InChI is InChI=1S/C20H28N4O3/c1-15(24-12-8-5-9-13-24)18(25)21-20(2,3)14-26-19-17(22-27-23-19)16-10-6-4-7-11-16/h4,6-7,10-11,15H,5,8-9,12-14H2,1-3H3,(H,21,25). The number of amides is 1. The third-order valence-electron chi connectivity index (χ3n) is 4.85. The zero-order valence-corrected chi connectivity index (χ0v) is 16.3. The van der Waals surface area contributed by atoms with Gasteiger partial charge in [-0.2, -0.15) is 0 Å². The van der Waals surface area contributed by atoms with Crippen LogP contribution in [0.4, 0.5) is 0 Å². The van der Waals surface area contributed by atoms with E-state index in [1.54, 1.807) is 0 Å². The molecule has 27 heavy (non-hydrogen) atoms. The van der Waals surface area contributed by atoms with Crippen molar-refractivity contribution in [3.05, 3.63) is 30.3 Å². The minimum atomic E-state index is -0.548. The molecule has 1 N–H and O–H groups in total. The smallest absolute Gasteiger partial charge is 0.284 e. The van der Waals surface area contributed by atoms with E-state index in [4.69, 9.17) is 9.37 Å². The van der Waals surface area contributed by atoms with Gasteiger partial charge in [-0.3, -0.25) is 9.69 Å². The summed E-state index contributed by atoms with van der Waals surface area (Å²) in [5, 5.41) is 10.9. The Hall–Kier alpha value is -2.41. The number of likely N-dealkylation sites (tertiary alicyclic amines) is 1. The number of aromatic nitrogens is 2. The Kier molecular flexibility index (Phi) is 6.11. The molecule has 1 aliphatic heterocycles. The number of carbonyl (C=O) groups excluding carboxylic acids is 1. The molecule has 1 aliphatic rings. The lowest BCUT2D eigenvalue weighted by atomic mass is 10.0. The molecule has 1 aromatic heterocycles. The average molecular weight is 372 g/mol. The molecule has 7 heteroatoms. The number of hydrogen-bond acceptors (Lipinski definition) is 6. The summed E-state index contributed by atoms with van der Waals surface area (Å²) in [4.78, 5) is 14.9. The van der Waals surface area contributed by atoms with Crippen molar-refractivity contribution in [1.29, 1.82) is 0 Å². The Labute approximate surface area is 160 Å². The van der Waals surface area contributed by atoms with Gasteiger partial charge in [0.05, 0.1) is 11.6 Å². The molecule has 7 nitrogen and oxygen atoms in total. The second-order valence-electron chi connectivity index (χ2n) is 7.72. The fraction of sp³-hybridized carbons (Fsp3) is 0.550. The highest BCUT2D eigenvalue weighted by atomic mass is 16.6. The molecule has 0 radical (unpaired) electrons. The Balaban J connectivity index is 1.57. The SMILES string of the molecule is CC(C(=O)NC(C)(C)COc1nonc1-c1ccccc1)N1CCCCC1. The monoisotopic (exact) mass is 372 g/mol. The first kappa shape index (κ1) is 19.4. The molecule has 0 saturated carbocycles. The predicted octanol–water partition coefficient (Wildman–Crippen LogP) is 2.88. The molecule has 146 valence electrons. The summed E-state index contributed by atoms with van der Waals surface area (Å²) >= 11 is 0. The lowest BCUT2D eigenvalue weighted by molar-refractivity contribution is -0.128. The molecule has 0 bridgehead atoms. The van der Waals surface area contributed by atoms with Crippen molar-refractivity contribution >= 4 is 5.91 Å². The number of nitrogens with one attached hydrogen (secondary N) is 1. The van der Waals surface area contributed by atoms with Crippen molar-refractivity contribution in [2.24, 2.45) is 0 Å². The summed E-state index contributed by atoms with van der Waals surface area (Å²) in [6.45, 7) is 8.06. The van der Waals surface area contributed by atoms with Gasteiger partial charge in [0.15, 0.2) is 5.69 Å². The Morgan fingerprint density at radius 2 is 1.93 bits per heavy atom. The van der Waals surface area contributed by atoms with Crippen LogP contribution >= 0.6 is 0 Å². The molecular weight excluding hydrogens is 344 g/mol. The van der Waals surface area contributed by atoms with E-state index in [2.05, 4.69) is 20.5 Å². The fourth-order valence-electron chi connectivity index (χ4n) is 3.24. The van der Waals surface area contributed by atoms with E-state index < -0.39 is 5.54 Å². The van der Waals surface area contributed by atoms with E-state index in [1.165, 1.54) is 6.42 Å². The van der Waals surface area contributed by atoms with Gasteiger partial charge in [0, 0.05) is 5.56 Å². The Morgan fingerprint density at radius 1 is 1.22 bits per heavy atom. The van der Waals surface area contributed by atoms with Gasteiger partial charge in [-0.05, 0) is 57.0 Å². The number of hydrogen-bond donors (Lipinski definition) is 1. The van der Waals surface area contributed by atoms with E-state index in [-0.39, 0.29) is 18.6 Å². The maximum Gasteiger partial charge on any atom is 0.284 e. The van der Waals surface area contributed by atoms with Gasteiger partial charge in [0.25, 0.3) is 5.88 Å². The van der Waals surface area contributed by atoms with Crippen LogP contribution in [0.3, 0.4) is 0 Å². The summed E-state index contributed by atoms with van der Waals surface area (Å²) < 4.78 is 10.7. The van der Waals surface area contributed by atoms with E-state index in [9.17, 15) is 4.79 Å². The predicted molar refractivity (Wildman–Crippen MR) is 102 cm³/mol. The van der Waals surface area contributed by atoms with Crippen LogP contribution in [0, 0.1) is 0 Å². The molecule has 1 saturated heterocycles. The lowest BCUT2D eigenvalue weighted by Gasteiger charge is -2.34. The van der Waals surface area contributed by atoms with Crippen LogP contribution in [0.15, 0.2) is 35.0 Å². The normalized spacial score (nSPS) is 16.7. The topological polar surface area (TPSA) is 80.5 Å². The highest BCUT2D eigenvalue weighted by Crippen LogP contribution is 2.26. The van der Waals surface area contributed by atoms with Gasteiger partial charge < -0.3 is 10.1 Å².